The number of carbonyl (C=O) groups is 1. The van der Waals surface area contributed by atoms with Gasteiger partial charge in [-0.1, -0.05) is 34.1 Å². The third-order valence-electron chi connectivity index (χ3n) is 4.54. The first-order valence-corrected chi connectivity index (χ1v) is 8.53. The van der Waals surface area contributed by atoms with E-state index in [9.17, 15) is 4.79 Å². The van der Waals surface area contributed by atoms with E-state index in [1.165, 1.54) is 0 Å². The minimum atomic E-state index is -0.775. The first-order valence-electron chi connectivity index (χ1n) is 7.74. The molecule has 2 aromatic rings. The van der Waals surface area contributed by atoms with Crippen LogP contribution in [0.3, 0.4) is 0 Å². The van der Waals surface area contributed by atoms with Gasteiger partial charge in [-0.25, -0.2) is 4.79 Å². The van der Waals surface area contributed by atoms with Gasteiger partial charge in [0.2, 0.25) is 0 Å². The van der Waals surface area contributed by atoms with Crippen LogP contribution in [0.15, 0.2) is 46.9 Å². The van der Waals surface area contributed by atoms with Crippen LogP contribution >= 0.6 is 15.9 Å². The fourth-order valence-electron chi connectivity index (χ4n) is 3.52. The lowest BCUT2D eigenvalue weighted by Gasteiger charge is -2.50. The molecule has 2 bridgehead atoms. The monoisotopic (exact) mass is 388 g/mol. The molecule has 2 aliphatic heterocycles. The maximum Gasteiger partial charge on any atom is 0.325 e. The van der Waals surface area contributed by atoms with Crippen LogP contribution in [0.25, 0.3) is 0 Å². The van der Waals surface area contributed by atoms with Gasteiger partial charge in [0.15, 0.2) is 17.2 Å². The van der Waals surface area contributed by atoms with Gasteiger partial charge in [0.05, 0.1) is 13.2 Å². The summed E-state index contributed by atoms with van der Waals surface area (Å²) in [5, 5.41) is 3.09. The van der Waals surface area contributed by atoms with E-state index in [0.717, 1.165) is 15.7 Å². The van der Waals surface area contributed by atoms with Crippen molar-refractivity contribution in [2.24, 2.45) is 0 Å². The van der Waals surface area contributed by atoms with Crippen LogP contribution in [-0.2, 0) is 0 Å². The quantitative estimate of drug-likeness (QED) is 0.837. The number of hydrogen-bond acceptors (Lipinski definition) is 3. The Bertz CT molecular complexity index is 811. The number of rotatable bonds is 2. The molecule has 6 heteroatoms. The summed E-state index contributed by atoms with van der Waals surface area (Å²) in [6, 6.07) is 13.1. The largest absolute Gasteiger partial charge is 0.493 e. The van der Waals surface area contributed by atoms with E-state index in [1.807, 2.05) is 49.4 Å². The van der Waals surface area contributed by atoms with Crippen molar-refractivity contribution in [1.29, 1.82) is 0 Å². The summed E-state index contributed by atoms with van der Waals surface area (Å²) in [6.45, 7) is 1.94. The van der Waals surface area contributed by atoms with Gasteiger partial charge in [-0.3, -0.25) is 4.90 Å². The van der Waals surface area contributed by atoms with Crippen molar-refractivity contribution in [3.8, 4) is 11.5 Å². The Hall–Kier alpha value is -2.21. The second-order valence-electron chi connectivity index (χ2n) is 6.18. The number of nitrogens with zero attached hydrogens (tertiary/aromatic N) is 1. The van der Waals surface area contributed by atoms with Gasteiger partial charge in [0.1, 0.15) is 0 Å². The summed E-state index contributed by atoms with van der Waals surface area (Å²) >= 11 is 3.49. The van der Waals surface area contributed by atoms with Crippen molar-refractivity contribution in [3.63, 3.8) is 0 Å². The molecule has 0 radical (unpaired) electrons. The zero-order chi connectivity index (χ0) is 16.9. The Morgan fingerprint density at radius 2 is 2.08 bits per heavy atom. The first-order chi connectivity index (χ1) is 11.5. The van der Waals surface area contributed by atoms with Crippen LogP contribution in [-0.4, -0.2) is 18.9 Å². The van der Waals surface area contributed by atoms with Crippen molar-refractivity contribution in [2.75, 3.05) is 12.0 Å². The minimum Gasteiger partial charge on any atom is -0.493 e. The molecule has 24 heavy (non-hydrogen) atoms. The highest BCUT2D eigenvalue weighted by Crippen LogP contribution is 2.50. The molecule has 2 amide bonds. The number of amides is 2. The van der Waals surface area contributed by atoms with Crippen molar-refractivity contribution in [1.82, 2.24) is 5.32 Å². The second kappa shape index (κ2) is 5.41. The maximum absolute atomic E-state index is 12.8. The number of halogens is 1. The fourth-order valence-corrected chi connectivity index (χ4v) is 3.97. The van der Waals surface area contributed by atoms with E-state index in [4.69, 9.17) is 9.47 Å². The molecular weight excluding hydrogens is 372 g/mol. The Morgan fingerprint density at radius 1 is 1.33 bits per heavy atom. The zero-order valence-electron chi connectivity index (χ0n) is 13.4. The number of benzene rings is 2. The lowest BCUT2D eigenvalue weighted by atomic mass is 9.90. The predicted molar refractivity (Wildman–Crippen MR) is 94.5 cm³/mol. The number of fused-ring (bicyclic) bond motifs is 4. The average Bonchev–Trinajstić information content (AvgIpc) is 2.55. The molecule has 1 N–H and O–H groups in total. The highest BCUT2D eigenvalue weighted by Gasteiger charge is 2.50. The molecular formula is C18H17BrN2O3. The number of hydrogen-bond donors (Lipinski definition) is 1. The topological polar surface area (TPSA) is 50.8 Å². The zero-order valence-corrected chi connectivity index (χ0v) is 15.0. The van der Waals surface area contributed by atoms with E-state index in [0.29, 0.717) is 17.9 Å². The van der Waals surface area contributed by atoms with Gasteiger partial charge in [-0.05, 0) is 31.2 Å². The Morgan fingerprint density at radius 3 is 2.79 bits per heavy atom. The Labute approximate surface area is 148 Å². The third-order valence-corrected chi connectivity index (χ3v) is 4.99. The van der Waals surface area contributed by atoms with Crippen molar-refractivity contribution < 1.29 is 14.3 Å². The molecule has 2 atom stereocenters. The summed E-state index contributed by atoms with van der Waals surface area (Å²) in [5.74, 6) is 1.33. The lowest BCUT2D eigenvalue weighted by Crippen LogP contribution is -2.65. The summed E-state index contributed by atoms with van der Waals surface area (Å²) in [4.78, 5) is 14.4. The standard InChI is InChI=1S/C18H17BrN2O3/c1-18-10-14(13-8-11(19)9-15(23-2)16(13)24-18)20-17(22)21(18)12-6-4-3-5-7-12/h3-9,14H,10H2,1-2H3,(H,20,22)/t14-,18+/m1/s1. The van der Waals surface area contributed by atoms with Gasteiger partial charge < -0.3 is 14.8 Å². The number of methoxy groups -OCH3 is 1. The number of anilines is 1. The van der Waals surface area contributed by atoms with Crippen molar-refractivity contribution in [2.45, 2.75) is 25.1 Å². The smallest absolute Gasteiger partial charge is 0.325 e. The minimum absolute atomic E-state index is 0.113. The lowest BCUT2D eigenvalue weighted by molar-refractivity contribution is 0.0349. The Balaban J connectivity index is 1.84. The second-order valence-corrected chi connectivity index (χ2v) is 7.10. The Kier molecular flexibility index (Phi) is 3.46. The molecule has 5 nitrogen and oxygen atoms in total. The van der Waals surface area contributed by atoms with Gasteiger partial charge in [-0.2, -0.15) is 0 Å². The van der Waals surface area contributed by atoms with Crippen LogP contribution < -0.4 is 19.7 Å². The summed E-state index contributed by atoms with van der Waals surface area (Å²) in [5.41, 5.74) is 0.956. The predicted octanol–water partition coefficient (Wildman–Crippen LogP) is 4.23. The van der Waals surface area contributed by atoms with E-state index in [1.54, 1.807) is 12.0 Å². The molecule has 1 fully saturated rings. The summed E-state index contributed by atoms with van der Waals surface area (Å²) in [6.07, 6.45) is 0.653. The number of nitrogens with one attached hydrogen (secondary N) is 1. The van der Waals surface area contributed by atoms with E-state index >= 15 is 0 Å². The van der Waals surface area contributed by atoms with Crippen LogP contribution in [0, 0.1) is 0 Å². The SMILES string of the molecule is COc1cc(Br)cc2c1O[C@@]1(C)C[C@H]2NC(=O)N1c1ccccc1. The summed E-state index contributed by atoms with van der Waals surface area (Å²) < 4.78 is 12.7. The molecule has 0 aromatic heterocycles. The number of para-hydroxylation sites is 1. The fraction of sp³-hybridized carbons (Fsp3) is 0.278. The van der Waals surface area contributed by atoms with Gasteiger partial charge in [0.25, 0.3) is 0 Å². The molecule has 0 aliphatic carbocycles. The normalized spacial score (nSPS) is 24.7. The summed E-state index contributed by atoms with van der Waals surface area (Å²) in [7, 11) is 1.62. The molecule has 4 rings (SSSR count). The van der Waals surface area contributed by atoms with E-state index in [2.05, 4.69) is 21.2 Å². The molecule has 0 saturated carbocycles. The maximum atomic E-state index is 12.8. The molecule has 124 valence electrons. The van der Waals surface area contributed by atoms with Crippen LogP contribution in [0.1, 0.15) is 24.9 Å². The molecule has 2 aliphatic rings. The van der Waals surface area contributed by atoms with E-state index in [-0.39, 0.29) is 12.1 Å². The molecule has 2 aromatic carbocycles. The third kappa shape index (κ3) is 2.24. The number of ether oxygens (including phenoxy) is 2. The van der Waals surface area contributed by atoms with Gasteiger partial charge in [-0.15, -0.1) is 0 Å². The highest BCUT2D eigenvalue weighted by atomic mass is 79.9. The molecule has 0 spiro atoms. The van der Waals surface area contributed by atoms with Crippen LogP contribution in [0.4, 0.5) is 10.5 Å². The van der Waals surface area contributed by atoms with Crippen LogP contribution in [0.5, 0.6) is 11.5 Å². The first kappa shape index (κ1) is 15.3. The van der Waals surface area contributed by atoms with Gasteiger partial charge >= 0.3 is 6.03 Å². The van der Waals surface area contributed by atoms with Crippen molar-refractivity contribution in [3.05, 3.63) is 52.5 Å². The van der Waals surface area contributed by atoms with Crippen molar-refractivity contribution >= 4 is 27.6 Å². The highest BCUT2D eigenvalue weighted by molar-refractivity contribution is 9.10. The molecule has 0 unspecified atom stereocenters. The molecule has 2 heterocycles. The van der Waals surface area contributed by atoms with Gasteiger partial charge in [0, 0.05) is 22.1 Å². The average molecular weight is 389 g/mol. The van der Waals surface area contributed by atoms with E-state index < -0.39 is 5.72 Å². The number of carbonyl (C=O) groups excluding carboxylic acids is 1. The van der Waals surface area contributed by atoms with Crippen LogP contribution in [0.2, 0.25) is 0 Å². The molecule has 1 saturated heterocycles. The number of urea groups is 1.